The van der Waals surface area contributed by atoms with Gasteiger partial charge in [-0.2, -0.15) is 13.2 Å². The average Bonchev–Trinajstić information content (AvgIpc) is 2.34. The van der Waals surface area contributed by atoms with Crippen LogP contribution in [0.4, 0.5) is 17.6 Å². The van der Waals surface area contributed by atoms with Crippen molar-refractivity contribution < 1.29 is 17.6 Å². The summed E-state index contributed by atoms with van der Waals surface area (Å²) in [5, 5.41) is 3.14. The van der Waals surface area contributed by atoms with Gasteiger partial charge in [-0.25, -0.2) is 4.39 Å². The maximum absolute atomic E-state index is 13.2. The van der Waals surface area contributed by atoms with E-state index in [0.717, 1.165) is 24.3 Å². The van der Waals surface area contributed by atoms with E-state index in [2.05, 4.69) is 5.32 Å². The molecule has 0 bridgehead atoms. The van der Waals surface area contributed by atoms with Crippen LogP contribution in [0.1, 0.15) is 31.9 Å². The highest BCUT2D eigenvalue weighted by molar-refractivity contribution is 5.55. The minimum atomic E-state index is -4.67. The highest BCUT2D eigenvalue weighted by atomic mass is 19.4. The molecule has 1 nitrogen and oxygen atoms in total. The molecule has 5 heteroatoms. The normalized spacial score (nSPS) is 13.1. The van der Waals surface area contributed by atoms with Crippen molar-refractivity contribution in [3.63, 3.8) is 0 Å². The Labute approximate surface area is 116 Å². The van der Waals surface area contributed by atoms with E-state index >= 15 is 0 Å². The first-order valence-corrected chi connectivity index (χ1v) is 6.53. The van der Waals surface area contributed by atoms with Crippen LogP contribution in [0.3, 0.4) is 0 Å². The first-order valence-electron chi connectivity index (χ1n) is 6.53. The Balaban J connectivity index is 3.12. The summed E-state index contributed by atoms with van der Waals surface area (Å²) in [6, 6.07) is 3.07. The fourth-order valence-electron chi connectivity index (χ4n) is 1.76. The molecule has 0 aromatic heterocycles. The Morgan fingerprint density at radius 2 is 1.95 bits per heavy atom. The van der Waals surface area contributed by atoms with Crippen LogP contribution in [-0.4, -0.2) is 13.1 Å². The standard InChI is InChI=1S/C15H19F4N/c1-4-20-9-12(10(2)3)7-11-5-6-14(16)13(8-11)15(17,18)19/h5-8,10,20H,4,9H2,1-3H3/b12-7-. The third kappa shape index (κ3) is 4.63. The van der Waals surface area contributed by atoms with Crippen LogP contribution in [0.2, 0.25) is 0 Å². The van der Waals surface area contributed by atoms with Crippen molar-refractivity contribution in [3.05, 3.63) is 40.7 Å². The molecule has 0 aliphatic heterocycles. The maximum Gasteiger partial charge on any atom is 0.419 e. The van der Waals surface area contributed by atoms with Crippen molar-refractivity contribution in [1.82, 2.24) is 5.32 Å². The van der Waals surface area contributed by atoms with Crippen molar-refractivity contribution in [2.45, 2.75) is 26.9 Å². The van der Waals surface area contributed by atoms with Gasteiger partial charge in [0.1, 0.15) is 5.82 Å². The maximum atomic E-state index is 13.2. The van der Waals surface area contributed by atoms with E-state index in [9.17, 15) is 17.6 Å². The van der Waals surface area contributed by atoms with E-state index < -0.39 is 17.6 Å². The van der Waals surface area contributed by atoms with E-state index in [-0.39, 0.29) is 5.92 Å². The third-order valence-electron chi connectivity index (χ3n) is 2.97. The number of likely N-dealkylation sites (N-methyl/N-ethyl adjacent to an activating group) is 1. The molecule has 0 saturated heterocycles. The lowest BCUT2D eigenvalue weighted by Gasteiger charge is -2.13. The molecule has 1 aromatic carbocycles. The quantitative estimate of drug-likeness (QED) is 0.787. The van der Waals surface area contributed by atoms with Crippen LogP contribution in [0.15, 0.2) is 23.8 Å². The fourth-order valence-corrected chi connectivity index (χ4v) is 1.76. The van der Waals surface area contributed by atoms with Gasteiger partial charge >= 0.3 is 6.18 Å². The number of hydrogen-bond donors (Lipinski definition) is 1. The molecule has 0 atom stereocenters. The van der Waals surface area contributed by atoms with Gasteiger partial charge in [-0.15, -0.1) is 0 Å². The molecule has 0 spiro atoms. The first-order chi connectivity index (χ1) is 9.25. The van der Waals surface area contributed by atoms with Gasteiger partial charge in [-0.3, -0.25) is 0 Å². The zero-order valence-electron chi connectivity index (χ0n) is 11.8. The van der Waals surface area contributed by atoms with E-state index in [0.29, 0.717) is 12.1 Å². The first kappa shape index (κ1) is 16.7. The zero-order valence-corrected chi connectivity index (χ0v) is 11.8. The number of rotatable bonds is 5. The largest absolute Gasteiger partial charge is 0.419 e. The summed E-state index contributed by atoms with van der Waals surface area (Å²) < 4.78 is 51.2. The van der Waals surface area contributed by atoms with Crippen molar-refractivity contribution in [2.75, 3.05) is 13.1 Å². The smallest absolute Gasteiger partial charge is 0.313 e. The van der Waals surface area contributed by atoms with Gasteiger partial charge in [0.2, 0.25) is 0 Å². The Morgan fingerprint density at radius 1 is 1.30 bits per heavy atom. The van der Waals surface area contributed by atoms with Crippen molar-refractivity contribution in [2.24, 2.45) is 5.92 Å². The van der Waals surface area contributed by atoms with E-state index in [1.54, 1.807) is 6.08 Å². The molecule has 20 heavy (non-hydrogen) atoms. The summed E-state index contributed by atoms with van der Waals surface area (Å²) in [7, 11) is 0. The van der Waals surface area contributed by atoms with Crippen molar-refractivity contribution in [3.8, 4) is 0 Å². The molecule has 0 unspecified atom stereocenters. The van der Waals surface area contributed by atoms with Crippen molar-refractivity contribution >= 4 is 6.08 Å². The van der Waals surface area contributed by atoms with Gasteiger partial charge < -0.3 is 5.32 Å². The summed E-state index contributed by atoms with van der Waals surface area (Å²) in [6.45, 7) is 7.28. The van der Waals surface area contributed by atoms with Crippen LogP contribution in [0, 0.1) is 11.7 Å². The summed E-state index contributed by atoms with van der Waals surface area (Å²) in [5.74, 6) is -1.04. The van der Waals surface area contributed by atoms with Crippen LogP contribution < -0.4 is 5.32 Å². The van der Waals surface area contributed by atoms with Gasteiger partial charge in [0.25, 0.3) is 0 Å². The lowest BCUT2D eigenvalue weighted by Crippen LogP contribution is -2.18. The molecule has 0 amide bonds. The molecule has 0 saturated carbocycles. The molecular weight excluding hydrogens is 270 g/mol. The van der Waals surface area contributed by atoms with Gasteiger partial charge in [0.05, 0.1) is 5.56 Å². The predicted molar refractivity (Wildman–Crippen MR) is 72.8 cm³/mol. The highest BCUT2D eigenvalue weighted by Crippen LogP contribution is 2.32. The summed E-state index contributed by atoms with van der Waals surface area (Å²) in [6.07, 6.45) is -2.99. The molecule has 0 aliphatic rings. The second kappa shape index (κ2) is 6.88. The predicted octanol–water partition coefficient (Wildman–Crippen LogP) is 4.49. The van der Waals surface area contributed by atoms with Crippen LogP contribution in [0.25, 0.3) is 6.08 Å². The second-order valence-electron chi connectivity index (χ2n) is 4.89. The second-order valence-corrected chi connectivity index (χ2v) is 4.89. The Morgan fingerprint density at radius 3 is 2.45 bits per heavy atom. The molecule has 0 heterocycles. The summed E-state index contributed by atoms with van der Waals surface area (Å²) in [5.41, 5.74) is 0.115. The van der Waals surface area contributed by atoms with Crippen LogP contribution >= 0.6 is 0 Å². The number of hydrogen-bond acceptors (Lipinski definition) is 1. The van der Waals surface area contributed by atoms with E-state index in [1.807, 2.05) is 20.8 Å². The number of benzene rings is 1. The van der Waals surface area contributed by atoms with Gasteiger partial charge in [0.15, 0.2) is 0 Å². The molecule has 0 aliphatic carbocycles. The molecule has 0 fully saturated rings. The lowest BCUT2D eigenvalue weighted by atomic mass is 9.99. The minimum absolute atomic E-state index is 0.202. The van der Waals surface area contributed by atoms with Gasteiger partial charge in [-0.05, 0) is 30.2 Å². The number of alkyl halides is 3. The molecule has 0 radical (unpaired) electrons. The summed E-state index contributed by atoms with van der Waals surface area (Å²) in [4.78, 5) is 0. The molecule has 1 aromatic rings. The average molecular weight is 289 g/mol. The highest BCUT2D eigenvalue weighted by Gasteiger charge is 2.34. The van der Waals surface area contributed by atoms with Crippen molar-refractivity contribution in [1.29, 1.82) is 0 Å². The van der Waals surface area contributed by atoms with Crippen LogP contribution in [0.5, 0.6) is 0 Å². The van der Waals surface area contributed by atoms with E-state index in [4.69, 9.17) is 0 Å². The minimum Gasteiger partial charge on any atom is -0.313 e. The van der Waals surface area contributed by atoms with E-state index in [1.165, 1.54) is 6.07 Å². The number of halogens is 4. The molecule has 112 valence electrons. The zero-order chi connectivity index (χ0) is 15.3. The fraction of sp³-hybridized carbons (Fsp3) is 0.467. The Bertz CT molecular complexity index is 475. The topological polar surface area (TPSA) is 12.0 Å². The summed E-state index contributed by atoms with van der Waals surface area (Å²) >= 11 is 0. The van der Waals surface area contributed by atoms with Gasteiger partial charge in [-0.1, -0.05) is 38.5 Å². The number of nitrogens with one attached hydrogen (secondary N) is 1. The monoisotopic (exact) mass is 289 g/mol. The SMILES string of the molecule is CCNC/C(=C/c1ccc(F)c(C(F)(F)F)c1)C(C)C. The Hall–Kier alpha value is -1.36. The lowest BCUT2D eigenvalue weighted by molar-refractivity contribution is -0.140. The Kier molecular flexibility index (Phi) is 5.74. The van der Waals surface area contributed by atoms with Gasteiger partial charge in [0, 0.05) is 6.54 Å². The molecule has 1 rings (SSSR count). The van der Waals surface area contributed by atoms with Crippen LogP contribution in [-0.2, 0) is 6.18 Å². The molecule has 1 N–H and O–H groups in total. The molecular formula is C15H19F4N. The third-order valence-corrected chi connectivity index (χ3v) is 2.97.